The molecule has 1 saturated carbocycles. The predicted octanol–water partition coefficient (Wildman–Crippen LogP) is 2.38. The van der Waals surface area contributed by atoms with E-state index in [9.17, 15) is 14.9 Å². The molecule has 1 N–H and O–H groups in total. The van der Waals surface area contributed by atoms with Crippen molar-refractivity contribution in [3.05, 3.63) is 32.6 Å². The van der Waals surface area contributed by atoms with E-state index < -0.39 is 4.92 Å². The van der Waals surface area contributed by atoms with Gasteiger partial charge < -0.3 is 5.32 Å². The monoisotopic (exact) mass is 321 g/mol. The van der Waals surface area contributed by atoms with Gasteiger partial charge in [-0.1, -0.05) is 0 Å². The highest BCUT2D eigenvalue weighted by Gasteiger charge is 2.26. The van der Waals surface area contributed by atoms with E-state index >= 15 is 0 Å². The van der Waals surface area contributed by atoms with Crippen LogP contribution >= 0.6 is 11.3 Å². The second kappa shape index (κ2) is 5.48. The van der Waals surface area contributed by atoms with Crippen LogP contribution in [0.25, 0.3) is 0 Å². The number of aryl methyl sites for hydroxylation is 1. The maximum Gasteiger partial charge on any atom is 0.312 e. The van der Waals surface area contributed by atoms with Crippen LogP contribution < -0.4 is 5.32 Å². The summed E-state index contributed by atoms with van der Waals surface area (Å²) in [6, 6.07) is 0. The van der Waals surface area contributed by atoms with Crippen LogP contribution in [0.1, 0.15) is 35.8 Å². The molecule has 1 amide bonds. The molecule has 0 spiro atoms. The first kappa shape index (κ1) is 14.6. The van der Waals surface area contributed by atoms with E-state index in [0.717, 1.165) is 18.5 Å². The lowest BCUT2D eigenvalue weighted by molar-refractivity contribution is -0.386. The summed E-state index contributed by atoms with van der Waals surface area (Å²) in [4.78, 5) is 26.9. The molecule has 3 rings (SSSR count). The van der Waals surface area contributed by atoms with Crippen molar-refractivity contribution >= 4 is 28.1 Å². The van der Waals surface area contributed by atoms with E-state index in [1.807, 2.05) is 5.38 Å². The highest BCUT2D eigenvalue weighted by atomic mass is 32.1. The molecule has 0 unspecified atom stereocenters. The quantitative estimate of drug-likeness (QED) is 0.672. The lowest BCUT2D eigenvalue weighted by Crippen LogP contribution is -2.20. The number of nitrogens with one attached hydrogen (secondary N) is 1. The molecule has 0 aliphatic heterocycles. The predicted molar refractivity (Wildman–Crippen MR) is 81.1 cm³/mol. The van der Waals surface area contributed by atoms with Crippen molar-refractivity contribution in [2.75, 3.05) is 5.32 Å². The fourth-order valence-electron chi connectivity index (χ4n) is 2.31. The molecule has 2 heterocycles. The summed E-state index contributed by atoms with van der Waals surface area (Å²) in [6.45, 7) is 3.07. The minimum absolute atomic E-state index is 0.0435. The van der Waals surface area contributed by atoms with Gasteiger partial charge in [-0.2, -0.15) is 5.10 Å². The van der Waals surface area contributed by atoms with E-state index in [4.69, 9.17) is 0 Å². The van der Waals surface area contributed by atoms with Gasteiger partial charge in [0.1, 0.15) is 17.9 Å². The molecule has 8 nitrogen and oxygen atoms in total. The third kappa shape index (κ3) is 2.84. The van der Waals surface area contributed by atoms with Gasteiger partial charge in [0.15, 0.2) is 5.13 Å². The Balaban J connectivity index is 1.68. The Morgan fingerprint density at radius 3 is 2.86 bits per heavy atom. The van der Waals surface area contributed by atoms with Gasteiger partial charge in [0.25, 0.3) is 0 Å². The molecule has 0 bridgehead atoms. The largest absolute Gasteiger partial charge is 0.312 e. The number of nitrogens with zero attached hydrogens (tertiary/aromatic N) is 4. The van der Waals surface area contributed by atoms with Gasteiger partial charge in [-0.05, 0) is 26.7 Å². The first-order chi connectivity index (χ1) is 10.5. The van der Waals surface area contributed by atoms with Gasteiger partial charge in [-0.15, -0.1) is 11.3 Å². The number of hydrogen-bond donors (Lipinski definition) is 1. The highest BCUT2D eigenvalue weighted by molar-refractivity contribution is 7.13. The van der Waals surface area contributed by atoms with Crippen LogP contribution in [0.15, 0.2) is 5.38 Å². The highest BCUT2D eigenvalue weighted by Crippen LogP contribution is 2.40. The number of aromatic nitrogens is 3. The molecule has 0 aromatic carbocycles. The Hall–Kier alpha value is -2.29. The maximum atomic E-state index is 12.0. The molecule has 116 valence electrons. The Morgan fingerprint density at radius 1 is 1.55 bits per heavy atom. The van der Waals surface area contributed by atoms with Gasteiger partial charge in [-0.3, -0.25) is 19.6 Å². The SMILES string of the molecule is Cc1nn(CC(=O)Nc2nc(C3CC3)cs2)c(C)c1[N+](=O)[O-]. The molecule has 9 heteroatoms. The van der Waals surface area contributed by atoms with Gasteiger partial charge in [0.05, 0.1) is 10.6 Å². The molecule has 22 heavy (non-hydrogen) atoms. The van der Waals surface area contributed by atoms with Crippen LogP contribution in [0.3, 0.4) is 0 Å². The Kier molecular flexibility index (Phi) is 3.65. The molecule has 2 aromatic heterocycles. The number of thiazole rings is 1. The van der Waals surface area contributed by atoms with Crippen LogP contribution in [0.5, 0.6) is 0 Å². The normalized spacial score (nSPS) is 14.1. The van der Waals surface area contributed by atoms with Crippen LogP contribution in [-0.2, 0) is 11.3 Å². The van der Waals surface area contributed by atoms with Crippen molar-refractivity contribution in [3.8, 4) is 0 Å². The topological polar surface area (TPSA) is 103 Å². The average molecular weight is 321 g/mol. The van der Waals surface area contributed by atoms with Crippen molar-refractivity contribution in [3.63, 3.8) is 0 Å². The number of carbonyl (C=O) groups is 1. The Morgan fingerprint density at radius 2 is 2.27 bits per heavy atom. The summed E-state index contributed by atoms with van der Waals surface area (Å²) < 4.78 is 1.35. The molecule has 1 aliphatic carbocycles. The van der Waals surface area contributed by atoms with Crippen LogP contribution in [0.4, 0.5) is 10.8 Å². The molecule has 0 radical (unpaired) electrons. The summed E-state index contributed by atoms with van der Waals surface area (Å²) >= 11 is 1.39. The average Bonchev–Trinajstić information content (AvgIpc) is 3.11. The summed E-state index contributed by atoms with van der Waals surface area (Å²) in [5.41, 5.74) is 1.66. The second-order valence-electron chi connectivity index (χ2n) is 5.33. The third-order valence-electron chi connectivity index (χ3n) is 3.58. The smallest absolute Gasteiger partial charge is 0.300 e. The van der Waals surface area contributed by atoms with Crippen molar-refractivity contribution in [1.29, 1.82) is 0 Å². The number of anilines is 1. The van der Waals surface area contributed by atoms with Gasteiger partial charge >= 0.3 is 5.69 Å². The minimum Gasteiger partial charge on any atom is -0.300 e. The van der Waals surface area contributed by atoms with Crippen LogP contribution in [0.2, 0.25) is 0 Å². The third-order valence-corrected chi connectivity index (χ3v) is 4.36. The summed E-state index contributed by atoms with van der Waals surface area (Å²) in [5, 5.41) is 20.2. The number of carbonyl (C=O) groups excluding carboxylic acids is 1. The lowest BCUT2D eigenvalue weighted by atomic mass is 10.3. The van der Waals surface area contributed by atoms with Crippen molar-refractivity contribution in [2.24, 2.45) is 0 Å². The molecule has 2 aromatic rings. The Bertz CT molecular complexity index is 747. The fraction of sp³-hybridized carbons (Fsp3) is 0.462. The zero-order valence-corrected chi connectivity index (χ0v) is 13.0. The summed E-state index contributed by atoms with van der Waals surface area (Å²) in [7, 11) is 0. The van der Waals surface area contributed by atoms with E-state index in [1.54, 1.807) is 13.8 Å². The van der Waals surface area contributed by atoms with Crippen molar-refractivity contribution in [2.45, 2.75) is 39.2 Å². The van der Waals surface area contributed by atoms with Crippen molar-refractivity contribution < 1.29 is 9.72 Å². The zero-order chi connectivity index (χ0) is 15.9. The zero-order valence-electron chi connectivity index (χ0n) is 12.2. The van der Waals surface area contributed by atoms with E-state index in [2.05, 4.69) is 15.4 Å². The fourth-order valence-corrected chi connectivity index (χ4v) is 3.12. The molecule has 0 atom stereocenters. The first-order valence-electron chi connectivity index (χ1n) is 6.89. The van der Waals surface area contributed by atoms with E-state index in [0.29, 0.717) is 22.4 Å². The van der Waals surface area contributed by atoms with Gasteiger partial charge in [-0.25, -0.2) is 4.98 Å². The summed E-state index contributed by atoms with van der Waals surface area (Å²) in [5.74, 6) is 0.248. The van der Waals surface area contributed by atoms with Gasteiger partial charge in [0, 0.05) is 11.3 Å². The maximum absolute atomic E-state index is 12.0. The van der Waals surface area contributed by atoms with Crippen molar-refractivity contribution in [1.82, 2.24) is 14.8 Å². The molecular weight excluding hydrogens is 306 g/mol. The number of hydrogen-bond acceptors (Lipinski definition) is 6. The lowest BCUT2D eigenvalue weighted by Gasteiger charge is -2.03. The molecular formula is C13H15N5O3S. The minimum atomic E-state index is -0.477. The number of rotatable bonds is 5. The first-order valence-corrected chi connectivity index (χ1v) is 7.77. The second-order valence-corrected chi connectivity index (χ2v) is 6.19. The van der Waals surface area contributed by atoms with Gasteiger partial charge in [0.2, 0.25) is 5.91 Å². The van der Waals surface area contributed by atoms with E-state index in [1.165, 1.54) is 16.0 Å². The molecule has 1 aliphatic rings. The standard InChI is InChI=1S/C13H15N5O3S/c1-7-12(18(20)21)8(2)17(16-7)5-11(19)15-13-14-10(6-22-13)9-3-4-9/h6,9H,3-5H2,1-2H3,(H,14,15,19). The number of nitro groups is 1. The summed E-state index contributed by atoms with van der Waals surface area (Å²) in [6.07, 6.45) is 2.32. The molecule has 1 fully saturated rings. The molecule has 0 saturated heterocycles. The number of amides is 1. The Labute approximate surface area is 130 Å². The van der Waals surface area contributed by atoms with Crippen LogP contribution in [-0.4, -0.2) is 25.6 Å². The van der Waals surface area contributed by atoms with E-state index in [-0.39, 0.29) is 18.1 Å². The van der Waals surface area contributed by atoms with Crippen LogP contribution in [0, 0.1) is 24.0 Å².